The van der Waals surface area contributed by atoms with E-state index in [9.17, 15) is 52.8 Å². The second-order valence-corrected chi connectivity index (χ2v) is 13.1. The van der Waals surface area contributed by atoms with Crippen molar-refractivity contribution in [2.75, 3.05) is 24.7 Å². The number of urea groups is 1. The van der Waals surface area contributed by atoms with Crippen molar-refractivity contribution >= 4 is 40.6 Å². The van der Waals surface area contributed by atoms with Crippen LogP contribution in [0.2, 0.25) is 0 Å². The number of amides is 3. The lowest BCUT2D eigenvalue weighted by Gasteiger charge is -2.50. The first-order valence-corrected chi connectivity index (χ1v) is 15.8. The molecule has 0 bridgehead atoms. The summed E-state index contributed by atoms with van der Waals surface area (Å²) in [6, 6.07) is 12.9. The number of nitrogens with two attached hydrogens (primary N) is 1. The summed E-state index contributed by atoms with van der Waals surface area (Å²) in [5.41, 5.74) is 3.75. The summed E-state index contributed by atoms with van der Waals surface area (Å²) in [6.45, 7) is 0. The molecule has 0 saturated heterocycles. The monoisotopic (exact) mass is 706 g/mol. The largest absolute Gasteiger partial charge is 0.508 e. The minimum Gasteiger partial charge on any atom is -0.508 e. The number of carbonyl (C=O) groups excluding carboxylic acids is 4. The fraction of sp³-hybridized carbons (Fsp3) is 0.278. The molecule has 266 valence electrons. The molecule has 0 radical (unpaired) electrons. The molecule has 6 rings (SSSR count). The predicted molar refractivity (Wildman–Crippen MR) is 179 cm³/mol. The van der Waals surface area contributed by atoms with Crippen LogP contribution in [0.25, 0.3) is 16.9 Å². The molecule has 0 heterocycles. The van der Waals surface area contributed by atoms with Gasteiger partial charge in [-0.1, -0.05) is 30.3 Å². The first kappa shape index (κ1) is 35.2. The van der Waals surface area contributed by atoms with Crippen LogP contribution in [0.4, 0.5) is 29.3 Å². The lowest BCUT2D eigenvalue weighted by molar-refractivity contribution is -0.153. The second kappa shape index (κ2) is 12.6. The van der Waals surface area contributed by atoms with Gasteiger partial charge in [-0.2, -0.15) is 13.2 Å². The molecule has 51 heavy (non-hydrogen) atoms. The van der Waals surface area contributed by atoms with E-state index < -0.39 is 76.7 Å². The third-order valence-electron chi connectivity index (χ3n) is 9.67. The fourth-order valence-corrected chi connectivity index (χ4v) is 7.48. The van der Waals surface area contributed by atoms with E-state index in [1.165, 1.54) is 49.3 Å². The van der Waals surface area contributed by atoms with Crippen LogP contribution < -0.4 is 16.4 Å². The second-order valence-electron chi connectivity index (χ2n) is 13.1. The van der Waals surface area contributed by atoms with Gasteiger partial charge in [-0.3, -0.25) is 19.3 Å². The standard InChI is InChI=1S/C36H33F3N4O8/c1-43(2)28-23-14-18-13-22-21(17-5-9-20(10-6-17)42-34(50)41-19-7-3-16(4-8-19)15-35(37,38)39)11-12-24(44)26(22)29(45)25(18)31(47)36(23,51)32(48)27(30(28)46)33(40)49/h3-12,18,23,28,44-45,48,51H,13-15H2,1-2H3,(H2,40,49)(H2,41,42,50). The van der Waals surface area contributed by atoms with E-state index in [0.29, 0.717) is 22.4 Å². The van der Waals surface area contributed by atoms with E-state index in [4.69, 9.17) is 5.73 Å². The maximum atomic E-state index is 14.1. The topological polar surface area (TPSA) is 203 Å². The number of aliphatic hydroxyl groups is 3. The molecule has 3 aliphatic carbocycles. The Bertz CT molecular complexity index is 2040. The van der Waals surface area contributed by atoms with E-state index >= 15 is 0 Å². The van der Waals surface area contributed by atoms with E-state index in [1.807, 2.05) is 0 Å². The molecule has 8 N–H and O–H groups in total. The van der Waals surface area contributed by atoms with Crippen molar-refractivity contribution in [3.63, 3.8) is 0 Å². The molecule has 4 unspecified atom stereocenters. The Hall–Kier alpha value is -5.67. The van der Waals surface area contributed by atoms with Gasteiger partial charge in [0.25, 0.3) is 5.91 Å². The number of hydrogen-bond donors (Lipinski definition) is 7. The Labute approximate surface area is 288 Å². The number of hydrogen-bond acceptors (Lipinski definition) is 9. The number of nitrogens with zero attached hydrogens (tertiary/aromatic N) is 1. The number of anilines is 2. The minimum atomic E-state index is -4.35. The van der Waals surface area contributed by atoms with Gasteiger partial charge >= 0.3 is 12.2 Å². The molecule has 4 atom stereocenters. The highest BCUT2D eigenvalue weighted by atomic mass is 19.4. The van der Waals surface area contributed by atoms with E-state index in [2.05, 4.69) is 10.6 Å². The molecule has 15 heteroatoms. The summed E-state index contributed by atoms with van der Waals surface area (Å²) in [6.07, 6.45) is -5.42. The zero-order valence-electron chi connectivity index (χ0n) is 27.2. The molecule has 3 aromatic carbocycles. The quantitative estimate of drug-likeness (QED) is 0.182. The van der Waals surface area contributed by atoms with Crippen LogP contribution in [0, 0.1) is 11.8 Å². The number of carbonyl (C=O) groups is 4. The van der Waals surface area contributed by atoms with Crippen LogP contribution in [0.1, 0.15) is 23.1 Å². The lowest BCUT2D eigenvalue weighted by Crippen LogP contribution is -2.65. The normalized spacial score (nSPS) is 23.1. The number of Topliss-reactive ketones (excluding diaryl/α,β-unsaturated/α-hetero) is 2. The van der Waals surface area contributed by atoms with E-state index in [-0.39, 0.29) is 41.0 Å². The number of ketones is 2. The zero-order valence-corrected chi connectivity index (χ0v) is 27.2. The SMILES string of the molecule is CN(C)C1C(=O)C(C(N)=O)=C(O)C2(O)C(=O)C3=C(O)c4c(O)ccc(-c5ccc(NC(=O)Nc6ccc(CC(F)(F)F)cc6)cc5)c4CC3CC12. The number of likely N-dealkylation sites (N-methyl/N-ethyl adjacent to an activating group) is 1. The molecule has 0 aromatic heterocycles. The number of halogens is 3. The Balaban J connectivity index is 1.29. The Morgan fingerprint density at radius 1 is 0.941 bits per heavy atom. The number of aromatic hydroxyl groups is 1. The van der Waals surface area contributed by atoms with Gasteiger partial charge in [0.2, 0.25) is 5.78 Å². The van der Waals surface area contributed by atoms with Crippen molar-refractivity contribution in [2.45, 2.75) is 37.1 Å². The van der Waals surface area contributed by atoms with Crippen LogP contribution in [-0.2, 0) is 27.2 Å². The molecule has 3 aliphatic rings. The van der Waals surface area contributed by atoms with Crippen LogP contribution in [-0.4, -0.2) is 80.7 Å². The van der Waals surface area contributed by atoms with Gasteiger partial charge in [-0.25, -0.2) is 4.79 Å². The van der Waals surface area contributed by atoms with Crippen LogP contribution in [0.15, 0.2) is 77.6 Å². The number of benzene rings is 3. The number of alkyl halides is 3. The van der Waals surface area contributed by atoms with Gasteiger partial charge in [0.15, 0.2) is 11.4 Å². The van der Waals surface area contributed by atoms with Crippen LogP contribution in [0.5, 0.6) is 5.75 Å². The van der Waals surface area contributed by atoms with Gasteiger partial charge < -0.3 is 36.8 Å². The highest BCUT2D eigenvalue weighted by molar-refractivity contribution is 6.24. The van der Waals surface area contributed by atoms with Crippen molar-refractivity contribution in [3.8, 4) is 16.9 Å². The number of nitrogens with one attached hydrogen (secondary N) is 2. The molecule has 0 spiro atoms. The van der Waals surface area contributed by atoms with Gasteiger partial charge in [0, 0.05) is 22.9 Å². The molecule has 1 fully saturated rings. The highest BCUT2D eigenvalue weighted by Crippen LogP contribution is 2.53. The number of phenolic OH excluding ortho intramolecular Hbond substituents is 1. The van der Waals surface area contributed by atoms with Crippen molar-refractivity contribution in [3.05, 3.63) is 94.3 Å². The Kier molecular flexibility index (Phi) is 8.68. The van der Waals surface area contributed by atoms with Gasteiger partial charge in [-0.15, -0.1) is 0 Å². The average Bonchev–Trinajstić information content (AvgIpc) is 3.03. The molecule has 1 saturated carbocycles. The number of aliphatic hydroxyl groups excluding tert-OH is 2. The van der Waals surface area contributed by atoms with Crippen molar-refractivity contribution in [1.82, 2.24) is 4.90 Å². The first-order chi connectivity index (χ1) is 23.9. The lowest BCUT2D eigenvalue weighted by atomic mass is 9.57. The summed E-state index contributed by atoms with van der Waals surface area (Å²) < 4.78 is 37.9. The van der Waals surface area contributed by atoms with Gasteiger partial charge in [0.1, 0.15) is 22.8 Å². The smallest absolute Gasteiger partial charge is 0.393 e. The van der Waals surface area contributed by atoms with Gasteiger partial charge in [0.05, 0.1) is 18.0 Å². The summed E-state index contributed by atoms with van der Waals surface area (Å²) >= 11 is 0. The minimum absolute atomic E-state index is 0.0502. The first-order valence-electron chi connectivity index (χ1n) is 15.8. The molecule has 3 aromatic rings. The van der Waals surface area contributed by atoms with E-state index in [0.717, 1.165) is 0 Å². The summed E-state index contributed by atoms with van der Waals surface area (Å²) in [5.74, 6) is -7.40. The Morgan fingerprint density at radius 3 is 2.08 bits per heavy atom. The number of rotatable bonds is 6. The number of fused-ring (bicyclic) bond motifs is 3. The summed E-state index contributed by atoms with van der Waals surface area (Å²) in [7, 11) is 3.04. The highest BCUT2D eigenvalue weighted by Gasteiger charge is 2.64. The maximum Gasteiger partial charge on any atom is 0.393 e. The maximum absolute atomic E-state index is 14.1. The van der Waals surface area contributed by atoms with E-state index in [1.54, 1.807) is 30.3 Å². The fourth-order valence-electron chi connectivity index (χ4n) is 7.48. The number of primary amides is 1. The van der Waals surface area contributed by atoms with Crippen molar-refractivity contribution < 1.29 is 52.8 Å². The summed E-state index contributed by atoms with van der Waals surface area (Å²) in [4.78, 5) is 53.6. The number of phenols is 1. The Morgan fingerprint density at radius 2 is 1.53 bits per heavy atom. The third kappa shape index (κ3) is 6.08. The molecular weight excluding hydrogens is 673 g/mol. The van der Waals surface area contributed by atoms with Crippen molar-refractivity contribution in [2.24, 2.45) is 17.6 Å². The van der Waals surface area contributed by atoms with Crippen LogP contribution >= 0.6 is 0 Å². The third-order valence-corrected chi connectivity index (χ3v) is 9.67. The summed E-state index contributed by atoms with van der Waals surface area (Å²) in [5, 5.41) is 50.4. The zero-order chi connectivity index (χ0) is 37.2. The van der Waals surface area contributed by atoms with Crippen LogP contribution in [0.3, 0.4) is 0 Å². The predicted octanol–water partition coefficient (Wildman–Crippen LogP) is 4.38. The molecule has 0 aliphatic heterocycles. The average molecular weight is 707 g/mol. The van der Waals surface area contributed by atoms with Crippen molar-refractivity contribution in [1.29, 1.82) is 0 Å². The molecule has 3 amide bonds. The van der Waals surface area contributed by atoms with Gasteiger partial charge in [-0.05, 0) is 85.4 Å². The molecular formula is C36H33F3N4O8. The molecule has 12 nitrogen and oxygen atoms in total.